The molecule has 0 aliphatic carbocycles. The van der Waals surface area contributed by atoms with Crippen LogP contribution in [-0.4, -0.2) is 14.2 Å². The molecule has 0 aliphatic rings. The van der Waals surface area contributed by atoms with Gasteiger partial charge in [-0.15, -0.1) is 0 Å². The van der Waals surface area contributed by atoms with E-state index in [2.05, 4.69) is 12.1 Å². The molecule has 0 saturated heterocycles. The van der Waals surface area contributed by atoms with Crippen molar-refractivity contribution in [1.82, 2.24) is 0 Å². The molecule has 0 radical (unpaired) electrons. The summed E-state index contributed by atoms with van der Waals surface area (Å²) in [5.41, 5.74) is 0. The van der Waals surface area contributed by atoms with Crippen LogP contribution in [0.2, 0.25) is 0 Å². The van der Waals surface area contributed by atoms with Gasteiger partial charge in [-0.05, 0) is 0 Å². The van der Waals surface area contributed by atoms with Crippen molar-refractivity contribution in [2.75, 3.05) is 14.2 Å². The fourth-order valence-electron chi connectivity index (χ4n) is 1.52. The summed E-state index contributed by atoms with van der Waals surface area (Å²) in [6, 6.07) is 15.9. The van der Waals surface area contributed by atoms with Gasteiger partial charge in [0, 0.05) is 0 Å². The molecule has 96 valence electrons. The Morgan fingerprint density at radius 3 is 1.67 bits per heavy atom. The molecule has 0 aliphatic heterocycles. The van der Waals surface area contributed by atoms with Gasteiger partial charge < -0.3 is 0 Å². The molecule has 0 amide bonds. The molecule has 0 spiro atoms. The summed E-state index contributed by atoms with van der Waals surface area (Å²) in [6.45, 7) is 0. The molecule has 2 nitrogen and oxygen atoms in total. The van der Waals surface area contributed by atoms with Crippen molar-refractivity contribution in [2.24, 2.45) is 0 Å². The number of halogens is 2. The minimum absolute atomic E-state index is 0.846. The predicted molar refractivity (Wildman–Crippen MR) is 83.3 cm³/mol. The minimum atomic E-state index is -1.88. The van der Waals surface area contributed by atoms with Gasteiger partial charge >= 0.3 is 118 Å². The Morgan fingerprint density at radius 2 is 1.28 bits per heavy atom. The summed E-state index contributed by atoms with van der Waals surface area (Å²) < 4.78 is 12.8. The van der Waals surface area contributed by atoms with E-state index >= 15 is 0 Å². The Balaban J connectivity index is 2.31. The third kappa shape index (κ3) is 3.09. The summed E-state index contributed by atoms with van der Waals surface area (Å²) in [7, 11) is 9.96. The van der Waals surface area contributed by atoms with Gasteiger partial charge in [-0.1, -0.05) is 0 Å². The quantitative estimate of drug-likeness (QED) is 0.736. The topological polar surface area (TPSA) is 18.5 Å². The maximum absolute atomic E-state index is 6.64. The standard InChI is InChI=1S/C14H14ClIO2/c1-17-13-7-3-5-11(9-13)16(15)12-6-4-8-14(10-12)18-2/h3-10H,1-2H3. The second-order valence-electron chi connectivity index (χ2n) is 3.56. The van der Waals surface area contributed by atoms with Gasteiger partial charge in [0.25, 0.3) is 0 Å². The van der Waals surface area contributed by atoms with E-state index in [0.717, 1.165) is 18.6 Å². The molecule has 0 saturated carbocycles. The molecule has 0 aromatic heterocycles. The van der Waals surface area contributed by atoms with E-state index < -0.39 is 18.7 Å². The van der Waals surface area contributed by atoms with Gasteiger partial charge in [0.05, 0.1) is 0 Å². The molecule has 0 bridgehead atoms. The third-order valence-corrected chi connectivity index (χ3v) is 8.19. The van der Waals surface area contributed by atoms with Crippen molar-refractivity contribution < 1.29 is 9.47 Å². The number of hydrogen-bond acceptors (Lipinski definition) is 2. The molecule has 0 fully saturated rings. The van der Waals surface area contributed by atoms with E-state index in [-0.39, 0.29) is 0 Å². The van der Waals surface area contributed by atoms with Crippen LogP contribution in [0.4, 0.5) is 0 Å². The van der Waals surface area contributed by atoms with Crippen LogP contribution in [0.3, 0.4) is 0 Å². The molecule has 2 rings (SSSR count). The van der Waals surface area contributed by atoms with Crippen molar-refractivity contribution in [3.63, 3.8) is 0 Å². The maximum atomic E-state index is 6.64. The number of benzene rings is 2. The van der Waals surface area contributed by atoms with Crippen LogP contribution in [-0.2, 0) is 0 Å². The summed E-state index contributed by atoms with van der Waals surface area (Å²) in [6.07, 6.45) is 0. The van der Waals surface area contributed by atoms with Gasteiger partial charge in [0.2, 0.25) is 0 Å². The molecule has 0 N–H and O–H groups in total. The van der Waals surface area contributed by atoms with Crippen molar-refractivity contribution in [1.29, 1.82) is 0 Å². The van der Waals surface area contributed by atoms with Crippen LogP contribution in [0.1, 0.15) is 0 Å². The monoisotopic (exact) mass is 376 g/mol. The van der Waals surface area contributed by atoms with Gasteiger partial charge in [0.15, 0.2) is 0 Å². The Hall–Kier alpha value is -0.940. The fourth-order valence-corrected chi connectivity index (χ4v) is 5.64. The van der Waals surface area contributed by atoms with E-state index in [1.165, 1.54) is 0 Å². The first-order valence-corrected chi connectivity index (χ1v) is 10.3. The first-order chi connectivity index (χ1) is 8.74. The molecule has 18 heavy (non-hydrogen) atoms. The fraction of sp³-hybridized carbons (Fsp3) is 0.143. The molecular formula is C14H14ClIO2. The normalized spacial score (nSPS) is 10.9. The molecule has 2 aromatic rings. The van der Waals surface area contributed by atoms with Crippen molar-refractivity contribution >= 4 is 27.6 Å². The summed E-state index contributed by atoms with van der Waals surface area (Å²) in [4.78, 5) is 0. The number of rotatable bonds is 4. The first-order valence-electron chi connectivity index (χ1n) is 5.39. The van der Waals surface area contributed by atoms with Crippen molar-refractivity contribution in [3.05, 3.63) is 55.7 Å². The van der Waals surface area contributed by atoms with Crippen molar-refractivity contribution in [3.8, 4) is 11.5 Å². The summed E-state index contributed by atoms with van der Waals surface area (Å²) in [5.74, 6) is 1.69. The zero-order valence-electron chi connectivity index (χ0n) is 10.2. The predicted octanol–water partition coefficient (Wildman–Crippen LogP) is 4.40. The van der Waals surface area contributed by atoms with Crippen LogP contribution in [0, 0.1) is 7.14 Å². The van der Waals surface area contributed by atoms with Gasteiger partial charge in [-0.25, -0.2) is 0 Å². The Kier molecular flexibility index (Phi) is 4.72. The van der Waals surface area contributed by atoms with Gasteiger partial charge in [-0.2, -0.15) is 0 Å². The zero-order chi connectivity index (χ0) is 13.0. The van der Waals surface area contributed by atoms with Gasteiger partial charge in [-0.3, -0.25) is 0 Å². The van der Waals surface area contributed by atoms with E-state index in [1.807, 2.05) is 36.4 Å². The second kappa shape index (κ2) is 6.29. The van der Waals surface area contributed by atoms with Crippen LogP contribution in [0.15, 0.2) is 48.5 Å². The number of methoxy groups -OCH3 is 2. The zero-order valence-corrected chi connectivity index (χ0v) is 13.1. The molecule has 0 heterocycles. The molecule has 4 heteroatoms. The van der Waals surface area contributed by atoms with Crippen LogP contribution >= 0.6 is 27.6 Å². The molecule has 2 aromatic carbocycles. The van der Waals surface area contributed by atoms with Crippen LogP contribution in [0.5, 0.6) is 11.5 Å². The third-order valence-electron chi connectivity index (χ3n) is 2.45. The first kappa shape index (κ1) is 13.5. The Labute approximate surface area is 118 Å². The van der Waals surface area contributed by atoms with E-state index in [0.29, 0.717) is 0 Å². The van der Waals surface area contributed by atoms with Crippen molar-refractivity contribution in [2.45, 2.75) is 0 Å². The summed E-state index contributed by atoms with van der Waals surface area (Å²) >= 11 is -1.88. The van der Waals surface area contributed by atoms with Crippen LogP contribution in [0.25, 0.3) is 0 Å². The van der Waals surface area contributed by atoms with E-state index in [1.54, 1.807) is 14.2 Å². The van der Waals surface area contributed by atoms with Crippen LogP contribution < -0.4 is 9.47 Å². The summed E-state index contributed by atoms with van der Waals surface area (Å²) in [5, 5.41) is 0. The van der Waals surface area contributed by atoms with Gasteiger partial charge in [0.1, 0.15) is 0 Å². The molecule has 0 atom stereocenters. The van der Waals surface area contributed by atoms with E-state index in [4.69, 9.17) is 18.4 Å². The van der Waals surface area contributed by atoms with E-state index in [9.17, 15) is 0 Å². The number of ether oxygens (including phenoxy) is 2. The Bertz CT molecular complexity index is 483. The number of hydrogen-bond donors (Lipinski definition) is 0. The molecule has 0 unspecified atom stereocenters. The second-order valence-corrected chi connectivity index (χ2v) is 9.32. The average molecular weight is 377 g/mol. The average Bonchev–Trinajstić information content (AvgIpc) is 2.46. The molecular weight excluding hydrogens is 363 g/mol. The SMILES string of the molecule is COc1cccc(I(Cl)c2cccc(OC)c2)c1. The Morgan fingerprint density at radius 1 is 0.833 bits per heavy atom.